The molecule has 7 heteroatoms. The summed E-state index contributed by atoms with van der Waals surface area (Å²) in [6, 6.07) is 1.40. The number of nitriles is 1. The third-order valence-electron chi connectivity index (χ3n) is 4.25. The molecule has 1 aliphatic carbocycles. The minimum absolute atomic E-state index is 0.143. The van der Waals surface area contributed by atoms with E-state index in [2.05, 4.69) is 18.3 Å². The zero-order valence-electron chi connectivity index (χ0n) is 12.5. The summed E-state index contributed by atoms with van der Waals surface area (Å²) >= 11 is 0.143. The van der Waals surface area contributed by atoms with Gasteiger partial charge in [-0.25, -0.2) is 0 Å². The Labute approximate surface area is 136 Å². The van der Waals surface area contributed by atoms with Crippen LogP contribution in [0.25, 0.3) is 0 Å². The number of hydrogen-bond donors (Lipinski definition) is 1. The van der Waals surface area contributed by atoms with Gasteiger partial charge in [-0.2, -0.15) is 0 Å². The normalized spacial score (nSPS) is 32.2. The van der Waals surface area contributed by atoms with Crippen LogP contribution in [0.15, 0.2) is 0 Å². The van der Waals surface area contributed by atoms with Crippen molar-refractivity contribution in [3.8, 4) is 6.07 Å². The van der Waals surface area contributed by atoms with Crippen molar-refractivity contribution in [1.82, 2.24) is 5.32 Å². The number of nitrogens with zero attached hydrogens (tertiary/aromatic N) is 2. The van der Waals surface area contributed by atoms with E-state index < -0.39 is 17.6 Å². The van der Waals surface area contributed by atoms with Gasteiger partial charge in [0.2, 0.25) is 0 Å². The molecular formula is C14H23IN3O3-. The number of halogens is 1. The van der Waals surface area contributed by atoms with Crippen LogP contribution in [0.3, 0.4) is 0 Å². The Morgan fingerprint density at radius 2 is 2.19 bits per heavy atom. The Morgan fingerprint density at radius 3 is 2.62 bits per heavy atom. The van der Waals surface area contributed by atoms with Crippen LogP contribution >= 0.6 is 0 Å². The molecule has 6 nitrogen and oxygen atoms in total. The van der Waals surface area contributed by atoms with Crippen LogP contribution in [-0.4, -0.2) is 44.1 Å². The van der Waals surface area contributed by atoms with E-state index in [0.29, 0.717) is 20.9 Å². The first kappa shape index (κ1) is 16.9. The summed E-state index contributed by atoms with van der Waals surface area (Å²) in [6.07, 6.45) is 2.69. The van der Waals surface area contributed by atoms with Crippen molar-refractivity contribution >= 4 is 0 Å². The number of nitrogens with one attached hydrogen (secondary N) is 1. The molecule has 2 fully saturated rings. The average molecular weight is 408 g/mol. The van der Waals surface area contributed by atoms with E-state index in [-0.39, 0.29) is 26.1 Å². The molecule has 2 unspecified atom stereocenters. The summed E-state index contributed by atoms with van der Waals surface area (Å²) < 4.78 is 6.99. The average Bonchev–Trinajstić information content (AvgIpc) is 3.35. The van der Waals surface area contributed by atoms with Crippen molar-refractivity contribution in [2.75, 3.05) is 19.7 Å². The summed E-state index contributed by atoms with van der Waals surface area (Å²) in [5, 5.41) is 23.9. The van der Waals surface area contributed by atoms with Crippen molar-refractivity contribution < 1.29 is 30.9 Å². The molecule has 21 heavy (non-hydrogen) atoms. The van der Waals surface area contributed by atoms with Crippen LogP contribution in [0.5, 0.6) is 0 Å². The zero-order chi connectivity index (χ0) is 15.5. The minimum atomic E-state index is -0.792. The van der Waals surface area contributed by atoms with Gasteiger partial charge in [0.15, 0.2) is 0 Å². The fourth-order valence-electron chi connectivity index (χ4n) is 2.85. The van der Waals surface area contributed by atoms with Gasteiger partial charge < -0.3 is 0 Å². The molecule has 1 saturated heterocycles. The van der Waals surface area contributed by atoms with Crippen LogP contribution in [-0.2, 0) is 4.74 Å². The van der Waals surface area contributed by atoms with E-state index in [1.165, 1.54) is 0 Å². The maximum absolute atomic E-state index is 11.2. The monoisotopic (exact) mass is 408 g/mol. The SMILES string of the molecule is CCCCNCCOC1([C@H](C#N)[C@@H](CC)[N+](=O)[O-])C2[I-]C21. The molecule has 1 heterocycles. The molecular weight excluding hydrogens is 385 g/mol. The Kier molecular flexibility index (Phi) is 5.80. The number of alkyl halides is 2. The van der Waals surface area contributed by atoms with Crippen molar-refractivity contribution in [3.05, 3.63) is 10.1 Å². The van der Waals surface area contributed by atoms with Gasteiger partial charge in [-0.05, 0) is 0 Å². The first-order valence-corrected chi connectivity index (χ1v) is 10.1. The van der Waals surface area contributed by atoms with Crippen molar-refractivity contribution in [2.24, 2.45) is 5.92 Å². The zero-order valence-corrected chi connectivity index (χ0v) is 14.7. The van der Waals surface area contributed by atoms with Gasteiger partial charge >= 0.3 is 136 Å². The third kappa shape index (κ3) is 3.32. The second kappa shape index (κ2) is 7.20. The number of rotatable bonds is 11. The van der Waals surface area contributed by atoms with Gasteiger partial charge in [0.1, 0.15) is 0 Å². The Morgan fingerprint density at radius 1 is 1.48 bits per heavy atom. The fraction of sp³-hybridized carbons (Fsp3) is 0.929. The molecule has 4 atom stereocenters. The number of ether oxygens (including phenoxy) is 1. The van der Waals surface area contributed by atoms with E-state index >= 15 is 0 Å². The van der Waals surface area contributed by atoms with Crippen LogP contribution in [0, 0.1) is 27.4 Å². The van der Waals surface area contributed by atoms with E-state index in [4.69, 9.17) is 4.74 Å². The maximum atomic E-state index is 11.2. The van der Waals surface area contributed by atoms with Crippen LogP contribution in [0.1, 0.15) is 33.1 Å². The quantitative estimate of drug-likeness (QED) is 0.143. The van der Waals surface area contributed by atoms with Crippen molar-refractivity contribution in [1.29, 1.82) is 5.26 Å². The number of hydrogen-bond acceptors (Lipinski definition) is 5. The first-order chi connectivity index (χ1) is 10.1. The molecule has 1 saturated carbocycles. The molecule has 0 aromatic rings. The Hall–Kier alpha value is -0.460. The second-order valence-electron chi connectivity index (χ2n) is 5.60. The van der Waals surface area contributed by atoms with Gasteiger partial charge in [-0.1, -0.05) is 0 Å². The molecule has 2 rings (SSSR count). The van der Waals surface area contributed by atoms with Crippen LogP contribution in [0.2, 0.25) is 0 Å². The van der Waals surface area contributed by atoms with Crippen LogP contribution in [0.4, 0.5) is 0 Å². The van der Waals surface area contributed by atoms with Gasteiger partial charge in [-0.3, -0.25) is 0 Å². The third-order valence-corrected chi connectivity index (χ3v) is 8.36. The number of fused-ring (bicyclic) bond motifs is 1. The molecule has 120 valence electrons. The summed E-state index contributed by atoms with van der Waals surface area (Å²) in [7, 11) is 0. The van der Waals surface area contributed by atoms with Gasteiger partial charge in [0.05, 0.1) is 0 Å². The molecule has 0 amide bonds. The standard InChI is InChI=1S/C14H23IN3O3/c1-3-5-6-17-7-8-21-14(12-13(14)15-12)10(9-16)11(4-2)18(19)20/h10-13,17H,3-8H2,1-2H3/q-1/t10-,11-,12?,13?,14?/m1/s1. The van der Waals surface area contributed by atoms with Gasteiger partial charge in [0, 0.05) is 0 Å². The molecule has 1 aliphatic heterocycles. The van der Waals surface area contributed by atoms with Crippen LogP contribution < -0.4 is 26.5 Å². The van der Waals surface area contributed by atoms with E-state index in [9.17, 15) is 15.4 Å². The van der Waals surface area contributed by atoms with Gasteiger partial charge in [-0.15, -0.1) is 0 Å². The summed E-state index contributed by atoms with van der Waals surface area (Å²) in [4.78, 5) is 10.9. The summed E-state index contributed by atoms with van der Waals surface area (Å²) in [5.41, 5.74) is -0.470. The van der Waals surface area contributed by atoms with E-state index in [1.807, 2.05) is 0 Å². The predicted molar refractivity (Wildman–Crippen MR) is 74.2 cm³/mol. The molecule has 0 aromatic heterocycles. The molecule has 0 bridgehead atoms. The Balaban J connectivity index is 1.86. The van der Waals surface area contributed by atoms with E-state index in [1.54, 1.807) is 6.92 Å². The number of nitro groups is 1. The second-order valence-corrected chi connectivity index (χ2v) is 9.01. The van der Waals surface area contributed by atoms with Gasteiger partial charge in [0.25, 0.3) is 0 Å². The first-order valence-electron chi connectivity index (χ1n) is 7.63. The molecule has 0 radical (unpaired) electrons. The topological polar surface area (TPSA) is 88.2 Å². The summed E-state index contributed by atoms with van der Waals surface area (Å²) in [6.45, 7) is 6.20. The molecule has 0 spiro atoms. The van der Waals surface area contributed by atoms with Crippen molar-refractivity contribution in [3.63, 3.8) is 0 Å². The van der Waals surface area contributed by atoms with Crippen molar-refractivity contribution in [2.45, 2.75) is 52.6 Å². The molecule has 0 aromatic carbocycles. The molecule has 2 aliphatic rings. The summed E-state index contributed by atoms with van der Waals surface area (Å²) in [5.74, 6) is -0.586. The fourth-order valence-corrected chi connectivity index (χ4v) is 6.59. The Bertz CT molecular complexity index is 418. The number of unbranched alkanes of at least 4 members (excludes halogenated alkanes) is 1. The molecule has 1 N–H and O–H groups in total. The van der Waals surface area contributed by atoms with E-state index in [0.717, 1.165) is 25.9 Å². The predicted octanol–water partition coefficient (Wildman–Crippen LogP) is -1.82.